The smallest absolute Gasteiger partial charge is 0.234 e. The van der Waals surface area contributed by atoms with Gasteiger partial charge in [-0.25, -0.2) is 0 Å². The molecule has 1 N–H and O–H groups in total. The largest absolute Gasteiger partial charge is 0.351 e. The van der Waals surface area contributed by atoms with Crippen LogP contribution in [0, 0.1) is 0 Å². The van der Waals surface area contributed by atoms with E-state index in [2.05, 4.69) is 24.1 Å². The van der Waals surface area contributed by atoms with Crippen LogP contribution in [0.3, 0.4) is 0 Å². The SMILES string of the molecule is CCN(CC)CC(=O)NCc1ccc(Cl)cc1. The topological polar surface area (TPSA) is 32.3 Å². The van der Waals surface area contributed by atoms with Gasteiger partial charge in [-0.2, -0.15) is 0 Å². The van der Waals surface area contributed by atoms with E-state index in [4.69, 9.17) is 11.6 Å². The molecule has 0 aliphatic carbocycles. The van der Waals surface area contributed by atoms with Crippen molar-refractivity contribution in [2.75, 3.05) is 19.6 Å². The molecule has 0 fully saturated rings. The Morgan fingerprint density at radius 1 is 1.24 bits per heavy atom. The number of hydrogen-bond acceptors (Lipinski definition) is 2. The maximum absolute atomic E-state index is 11.6. The van der Waals surface area contributed by atoms with Crippen molar-refractivity contribution in [2.45, 2.75) is 20.4 Å². The molecule has 0 aliphatic rings. The summed E-state index contributed by atoms with van der Waals surface area (Å²) in [5.74, 6) is 0.0589. The van der Waals surface area contributed by atoms with Gasteiger partial charge in [0.15, 0.2) is 0 Å². The number of nitrogens with zero attached hydrogens (tertiary/aromatic N) is 1. The first-order valence-corrected chi connectivity index (χ1v) is 6.27. The van der Waals surface area contributed by atoms with Crippen LogP contribution < -0.4 is 5.32 Å². The summed E-state index contributed by atoms with van der Waals surface area (Å²) >= 11 is 5.79. The summed E-state index contributed by atoms with van der Waals surface area (Å²) in [7, 11) is 0. The van der Waals surface area contributed by atoms with Gasteiger partial charge < -0.3 is 5.32 Å². The van der Waals surface area contributed by atoms with Gasteiger partial charge in [-0.05, 0) is 30.8 Å². The molecular weight excluding hydrogens is 236 g/mol. The van der Waals surface area contributed by atoms with Gasteiger partial charge in [0.2, 0.25) is 5.91 Å². The Bertz CT molecular complexity index is 347. The first-order chi connectivity index (χ1) is 8.15. The molecule has 17 heavy (non-hydrogen) atoms. The molecule has 0 atom stereocenters. The maximum Gasteiger partial charge on any atom is 0.234 e. The minimum Gasteiger partial charge on any atom is -0.351 e. The van der Waals surface area contributed by atoms with E-state index in [0.29, 0.717) is 18.1 Å². The van der Waals surface area contributed by atoms with Gasteiger partial charge in [0.25, 0.3) is 0 Å². The van der Waals surface area contributed by atoms with E-state index in [0.717, 1.165) is 18.7 Å². The maximum atomic E-state index is 11.6. The summed E-state index contributed by atoms with van der Waals surface area (Å²) < 4.78 is 0. The molecule has 0 spiro atoms. The fourth-order valence-corrected chi connectivity index (χ4v) is 1.64. The van der Waals surface area contributed by atoms with Gasteiger partial charge in [0.05, 0.1) is 6.54 Å². The van der Waals surface area contributed by atoms with Crippen LogP contribution in [0.1, 0.15) is 19.4 Å². The predicted molar refractivity (Wildman–Crippen MR) is 71.1 cm³/mol. The van der Waals surface area contributed by atoms with Crippen molar-refractivity contribution < 1.29 is 4.79 Å². The number of carbonyl (C=O) groups is 1. The Labute approximate surface area is 108 Å². The number of benzene rings is 1. The van der Waals surface area contributed by atoms with Gasteiger partial charge in [0, 0.05) is 11.6 Å². The normalized spacial score (nSPS) is 10.6. The average molecular weight is 255 g/mol. The summed E-state index contributed by atoms with van der Waals surface area (Å²) in [6, 6.07) is 7.49. The van der Waals surface area contributed by atoms with Crippen molar-refractivity contribution >= 4 is 17.5 Å². The van der Waals surface area contributed by atoms with Crippen LogP contribution in [0.25, 0.3) is 0 Å². The Morgan fingerprint density at radius 3 is 2.35 bits per heavy atom. The number of hydrogen-bond donors (Lipinski definition) is 1. The molecule has 1 rings (SSSR count). The third-order valence-electron chi connectivity index (χ3n) is 2.66. The highest BCUT2D eigenvalue weighted by Gasteiger charge is 2.06. The summed E-state index contributed by atoms with van der Waals surface area (Å²) in [6.07, 6.45) is 0. The summed E-state index contributed by atoms with van der Waals surface area (Å²) in [5, 5.41) is 3.61. The van der Waals surface area contributed by atoms with Gasteiger partial charge in [-0.1, -0.05) is 37.6 Å². The average Bonchev–Trinajstić information content (AvgIpc) is 2.35. The molecule has 1 amide bonds. The Balaban J connectivity index is 2.35. The van der Waals surface area contributed by atoms with E-state index in [1.807, 2.05) is 24.3 Å². The highest BCUT2D eigenvalue weighted by atomic mass is 35.5. The van der Waals surface area contributed by atoms with Crippen molar-refractivity contribution in [3.05, 3.63) is 34.9 Å². The van der Waals surface area contributed by atoms with Gasteiger partial charge >= 0.3 is 0 Å². The van der Waals surface area contributed by atoms with Crippen molar-refractivity contribution in [1.29, 1.82) is 0 Å². The molecule has 3 nitrogen and oxygen atoms in total. The lowest BCUT2D eigenvalue weighted by atomic mass is 10.2. The number of rotatable bonds is 6. The lowest BCUT2D eigenvalue weighted by molar-refractivity contribution is -0.122. The number of carbonyl (C=O) groups excluding carboxylic acids is 1. The van der Waals surface area contributed by atoms with E-state index in [1.165, 1.54) is 0 Å². The molecule has 4 heteroatoms. The number of halogens is 1. The third-order valence-corrected chi connectivity index (χ3v) is 2.92. The second-order valence-corrected chi connectivity index (χ2v) is 4.30. The molecule has 0 aromatic heterocycles. The molecular formula is C13H19ClN2O. The molecule has 0 saturated heterocycles. The zero-order chi connectivity index (χ0) is 12.7. The van der Waals surface area contributed by atoms with Crippen LogP contribution in [0.2, 0.25) is 5.02 Å². The van der Waals surface area contributed by atoms with Gasteiger partial charge in [-0.15, -0.1) is 0 Å². The summed E-state index contributed by atoms with van der Waals surface area (Å²) in [4.78, 5) is 13.7. The summed E-state index contributed by atoms with van der Waals surface area (Å²) in [6.45, 7) is 6.90. The van der Waals surface area contributed by atoms with Crippen LogP contribution in [-0.2, 0) is 11.3 Å². The van der Waals surface area contributed by atoms with E-state index >= 15 is 0 Å². The van der Waals surface area contributed by atoms with Crippen molar-refractivity contribution in [1.82, 2.24) is 10.2 Å². The van der Waals surface area contributed by atoms with Gasteiger partial charge in [0.1, 0.15) is 0 Å². The first kappa shape index (κ1) is 14.0. The molecule has 0 saturated carbocycles. The fourth-order valence-electron chi connectivity index (χ4n) is 1.51. The van der Waals surface area contributed by atoms with E-state index in [9.17, 15) is 4.79 Å². The molecule has 1 aromatic carbocycles. The molecule has 94 valence electrons. The van der Waals surface area contributed by atoms with E-state index < -0.39 is 0 Å². The monoisotopic (exact) mass is 254 g/mol. The zero-order valence-electron chi connectivity index (χ0n) is 10.4. The van der Waals surface area contributed by atoms with Crippen LogP contribution in [0.5, 0.6) is 0 Å². The molecule has 0 heterocycles. The number of likely N-dealkylation sites (N-methyl/N-ethyl adjacent to an activating group) is 1. The highest BCUT2D eigenvalue weighted by Crippen LogP contribution is 2.08. The lowest BCUT2D eigenvalue weighted by Crippen LogP contribution is -2.36. The summed E-state index contributed by atoms with van der Waals surface area (Å²) in [5.41, 5.74) is 1.06. The van der Waals surface area contributed by atoms with Crippen molar-refractivity contribution in [2.24, 2.45) is 0 Å². The number of nitrogens with one attached hydrogen (secondary N) is 1. The standard InChI is InChI=1S/C13H19ClN2O/c1-3-16(4-2)10-13(17)15-9-11-5-7-12(14)8-6-11/h5-8H,3-4,9-10H2,1-2H3,(H,15,17). The third kappa shape index (κ3) is 5.20. The molecule has 0 radical (unpaired) electrons. The van der Waals surface area contributed by atoms with Crippen LogP contribution >= 0.6 is 11.6 Å². The molecule has 1 aromatic rings. The predicted octanol–water partition coefficient (Wildman–Crippen LogP) is 2.30. The fraction of sp³-hybridized carbons (Fsp3) is 0.462. The molecule has 0 aliphatic heterocycles. The quantitative estimate of drug-likeness (QED) is 0.845. The van der Waals surface area contributed by atoms with Gasteiger partial charge in [-0.3, -0.25) is 9.69 Å². The van der Waals surface area contributed by atoms with Crippen LogP contribution in [0.15, 0.2) is 24.3 Å². The highest BCUT2D eigenvalue weighted by molar-refractivity contribution is 6.30. The minimum atomic E-state index is 0.0589. The zero-order valence-corrected chi connectivity index (χ0v) is 11.1. The second kappa shape index (κ2) is 7.30. The van der Waals surface area contributed by atoms with Crippen molar-refractivity contribution in [3.8, 4) is 0 Å². The molecule has 0 unspecified atom stereocenters. The molecule has 0 bridgehead atoms. The Morgan fingerprint density at radius 2 is 1.82 bits per heavy atom. The van der Waals surface area contributed by atoms with Crippen molar-refractivity contribution in [3.63, 3.8) is 0 Å². The first-order valence-electron chi connectivity index (χ1n) is 5.89. The minimum absolute atomic E-state index is 0.0589. The Hall–Kier alpha value is -1.06. The second-order valence-electron chi connectivity index (χ2n) is 3.86. The lowest BCUT2D eigenvalue weighted by Gasteiger charge is -2.17. The number of amides is 1. The van der Waals surface area contributed by atoms with E-state index in [1.54, 1.807) is 0 Å². The van der Waals surface area contributed by atoms with Crippen LogP contribution in [0.4, 0.5) is 0 Å². The Kier molecular flexibility index (Phi) is 6.01. The van der Waals surface area contributed by atoms with Crippen LogP contribution in [-0.4, -0.2) is 30.4 Å². The van der Waals surface area contributed by atoms with E-state index in [-0.39, 0.29) is 5.91 Å².